The number of nitriles is 1. The normalized spacial score (nSPS) is 14.5. The first kappa shape index (κ1) is 10.8. The van der Waals surface area contributed by atoms with Crippen LogP contribution in [0.2, 0.25) is 0 Å². The van der Waals surface area contributed by atoms with Crippen LogP contribution in [-0.2, 0) is 6.42 Å². The maximum Gasteiger partial charge on any atom is 0.231 e. The number of rotatable bonds is 4. The van der Waals surface area contributed by atoms with E-state index >= 15 is 0 Å². The van der Waals surface area contributed by atoms with Crippen molar-refractivity contribution in [3.05, 3.63) is 23.8 Å². The minimum atomic E-state index is -0.00892. The molecule has 0 spiro atoms. The van der Waals surface area contributed by atoms with Crippen LogP contribution in [0.5, 0.6) is 11.5 Å². The molecule has 1 atom stereocenters. The Morgan fingerprint density at radius 3 is 2.94 bits per heavy atom. The number of hydrogen-bond donors (Lipinski definition) is 1. The summed E-state index contributed by atoms with van der Waals surface area (Å²) in [6, 6.07) is 7.78. The minimum absolute atomic E-state index is 0.00892. The molecule has 1 aromatic carbocycles. The van der Waals surface area contributed by atoms with Crippen molar-refractivity contribution in [1.82, 2.24) is 0 Å². The van der Waals surface area contributed by atoms with E-state index in [1.165, 1.54) is 0 Å². The Labute approximate surface area is 94.0 Å². The molecule has 16 heavy (non-hydrogen) atoms. The molecule has 1 aliphatic rings. The Kier molecular flexibility index (Phi) is 3.28. The molecule has 1 heterocycles. The summed E-state index contributed by atoms with van der Waals surface area (Å²) in [6.45, 7) is 0.294. The van der Waals surface area contributed by atoms with Gasteiger partial charge in [-0.25, -0.2) is 0 Å². The molecule has 0 radical (unpaired) electrons. The van der Waals surface area contributed by atoms with Crippen LogP contribution in [0.25, 0.3) is 0 Å². The van der Waals surface area contributed by atoms with Crippen molar-refractivity contribution in [2.45, 2.75) is 12.8 Å². The van der Waals surface area contributed by atoms with E-state index in [1.807, 2.05) is 18.2 Å². The molecule has 1 aliphatic heterocycles. The monoisotopic (exact) mass is 219 g/mol. The number of fused-ring (bicyclic) bond motifs is 1. The van der Waals surface area contributed by atoms with Gasteiger partial charge in [0.1, 0.15) is 0 Å². The Morgan fingerprint density at radius 2 is 2.19 bits per heavy atom. The summed E-state index contributed by atoms with van der Waals surface area (Å²) in [5.41, 5.74) is 1.05. The molecule has 1 aromatic rings. The van der Waals surface area contributed by atoms with Crippen molar-refractivity contribution in [3.8, 4) is 17.6 Å². The number of benzene rings is 1. The van der Waals surface area contributed by atoms with Gasteiger partial charge in [-0.1, -0.05) is 6.07 Å². The third-order valence-electron chi connectivity index (χ3n) is 2.60. The maximum absolute atomic E-state index is 9.10. The number of nitrogens with zero attached hydrogens (tertiary/aromatic N) is 1. The summed E-state index contributed by atoms with van der Waals surface area (Å²) in [6.07, 6.45) is 1.05. The molecule has 0 saturated heterocycles. The molecule has 1 N–H and O–H groups in total. The van der Waals surface area contributed by atoms with Crippen LogP contribution in [0.1, 0.15) is 12.0 Å². The second-order valence-electron chi connectivity index (χ2n) is 3.80. The largest absolute Gasteiger partial charge is 0.454 e. The average Bonchev–Trinajstić information content (AvgIpc) is 2.75. The molecule has 0 bridgehead atoms. The van der Waals surface area contributed by atoms with Crippen molar-refractivity contribution in [1.29, 1.82) is 5.26 Å². The van der Waals surface area contributed by atoms with E-state index in [2.05, 4.69) is 6.07 Å². The summed E-state index contributed by atoms with van der Waals surface area (Å²) in [7, 11) is 0. The zero-order valence-corrected chi connectivity index (χ0v) is 8.85. The van der Waals surface area contributed by atoms with E-state index in [9.17, 15) is 0 Å². The fourth-order valence-corrected chi connectivity index (χ4v) is 1.73. The predicted octanol–water partition coefficient (Wildman–Crippen LogP) is 1.48. The van der Waals surface area contributed by atoms with Gasteiger partial charge in [-0.05, 0) is 30.0 Å². The van der Waals surface area contributed by atoms with Gasteiger partial charge < -0.3 is 14.6 Å². The van der Waals surface area contributed by atoms with E-state index in [4.69, 9.17) is 19.8 Å². The van der Waals surface area contributed by atoms with Gasteiger partial charge in [0, 0.05) is 13.0 Å². The quantitative estimate of drug-likeness (QED) is 0.833. The van der Waals surface area contributed by atoms with Gasteiger partial charge in [0.05, 0.1) is 6.07 Å². The Bertz CT molecular complexity index is 411. The molecule has 4 heteroatoms. The highest BCUT2D eigenvalue weighted by atomic mass is 16.7. The number of ether oxygens (including phenoxy) is 2. The van der Waals surface area contributed by atoms with Gasteiger partial charge >= 0.3 is 0 Å². The summed E-state index contributed by atoms with van der Waals surface area (Å²) in [5, 5.41) is 17.7. The van der Waals surface area contributed by atoms with Crippen LogP contribution in [0.15, 0.2) is 18.2 Å². The van der Waals surface area contributed by atoms with Crippen molar-refractivity contribution < 1.29 is 14.6 Å². The van der Waals surface area contributed by atoms with Crippen LogP contribution >= 0.6 is 0 Å². The molecule has 0 aliphatic carbocycles. The second kappa shape index (κ2) is 4.86. The zero-order chi connectivity index (χ0) is 11.4. The van der Waals surface area contributed by atoms with E-state index in [0.717, 1.165) is 17.1 Å². The maximum atomic E-state index is 9.10. The molecular formula is C12H13NO3. The summed E-state index contributed by atoms with van der Waals surface area (Å²) in [4.78, 5) is 0. The third kappa shape index (κ3) is 2.26. The van der Waals surface area contributed by atoms with E-state index in [0.29, 0.717) is 12.8 Å². The van der Waals surface area contributed by atoms with E-state index < -0.39 is 0 Å². The molecular weight excluding hydrogens is 206 g/mol. The first-order chi connectivity index (χ1) is 7.83. The van der Waals surface area contributed by atoms with Crippen molar-refractivity contribution in [2.24, 2.45) is 5.92 Å². The van der Waals surface area contributed by atoms with Gasteiger partial charge in [-0.3, -0.25) is 0 Å². The van der Waals surface area contributed by atoms with E-state index in [-0.39, 0.29) is 19.3 Å². The van der Waals surface area contributed by atoms with Gasteiger partial charge in [0.2, 0.25) is 6.79 Å². The lowest BCUT2D eigenvalue weighted by atomic mass is 9.97. The molecule has 0 aromatic heterocycles. The van der Waals surface area contributed by atoms with Crippen LogP contribution in [0, 0.1) is 17.2 Å². The molecule has 0 fully saturated rings. The SMILES string of the molecule is N#CC[C@H](CO)Cc1ccc2c(c1)OCO2. The number of hydrogen-bond acceptors (Lipinski definition) is 4. The van der Waals surface area contributed by atoms with Crippen molar-refractivity contribution in [2.75, 3.05) is 13.4 Å². The van der Waals surface area contributed by atoms with Crippen LogP contribution in [-0.4, -0.2) is 18.5 Å². The van der Waals surface area contributed by atoms with E-state index in [1.54, 1.807) is 0 Å². The minimum Gasteiger partial charge on any atom is -0.454 e. The highest BCUT2D eigenvalue weighted by Gasteiger charge is 2.15. The van der Waals surface area contributed by atoms with Crippen molar-refractivity contribution >= 4 is 0 Å². The highest BCUT2D eigenvalue weighted by molar-refractivity contribution is 5.44. The summed E-state index contributed by atoms with van der Waals surface area (Å²) < 4.78 is 10.5. The number of aliphatic hydroxyl groups is 1. The molecule has 0 amide bonds. The highest BCUT2D eigenvalue weighted by Crippen LogP contribution is 2.33. The Morgan fingerprint density at radius 1 is 1.38 bits per heavy atom. The first-order valence-corrected chi connectivity index (χ1v) is 5.20. The Balaban J connectivity index is 2.07. The van der Waals surface area contributed by atoms with Gasteiger partial charge in [-0.15, -0.1) is 0 Å². The topological polar surface area (TPSA) is 62.5 Å². The lowest BCUT2D eigenvalue weighted by Gasteiger charge is -2.10. The molecule has 4 nitrogen and oxygen atoms in total. The fraction of sp³-hybridized carbons (Fsp3) is 0.417. The van der Waals surface area contributed by atoms with Gasteiger partial charge in [0.25, 0.3) is 0 Å². The number of aliphatic hydroxyl groups excluding tert-OH is 1. The second-order valence-corrected chi connectivity index (χ2v) is 3.80. The third-order valence-corrected chi connectivity index (χ3v) is 2.60. The molecule has 84 valence electrons. The van der Waals surface area contributed by atoms with Crippen molar-refractivity contribution in [3.63, 3.8) is 0 Å². The lowest BCUT2D eigenvalue weighted by Crippen LogP contribution is -2.08. The fourth-order valence-electron chi connectivity index (χ4n) is 1.73. The van der Waals surface area contributed by atoms with Gasteiger partial charge in [-0.2, -0.15) is 5.26 Å². The molecule has 2 rings (SSSR count). The van der Waals surface area contributed by atoms with Crippen LogP contribution in [0.3, 0.4) is 0 Å². The van der Waals surface area contributed by atoms with Crippen LogP contribution < -0.4 is 9.47 Å². The zero-order valence-electron chi connectivity index (χ0n) is 8.85. The smallest absolute Gasteiger partial charge is 0.231 e. The lowest BCUT2D eigenvalue weighted by molar-refractivity contribution is 0.174. The predicted molar refractivity (Wildman–Crippen MR) is 57.1 cm³/mol. The average molecular weight is 219 g/mol. The van der Waals surface area contributed by atoms with Crippen LogP contribution in [0.4, 0.5) is 0 Å². The summed E-state index contributed by atoms with van der Waals surface area (Å²) >= 11 is 0. The Hall–Kier alpha value is -1.73. The standard InChI is InChI=1S/C12H13NO3/c13-4-3-10(7-14)5-9-1-2-11-12(6-9)16-8-15-11/h1-2,6,10,14H,3,5,7-8H2/t10-/m0/s1. The summed E-state index contributed by atoms with van der Waals surface area (Å²) in [5.74, 6) is 1.49. The van der Waals surface area contributed by atoms with Gasteiger partial charge in [0.15, 0.2) is 11.5 Å². The first-order valence-electron chi connectivity index (χ1n) is 5.20. The molecule has 0 saturated carbocycles. The molecule has 0 unspecified atom stereocenters.